The summed E-state index contributed by atoms with van der Waals surface area (Å²) < 4.78 is 0. The van der Waals surface area contributed by atoms with Gasteiger partial charge in [-0.05, 0) is 12.8 Å². The predicted molar refractivity (Wildman–Crippen MR) is 37.6 cm³/mol. The van der Waals surface area contributed by atoms with Gasteiger partial charge in [0.05, 0.1) is 0 Å². The summed E-state index contributed by atoms with van der Waals surface area (Å²) >= 11 is 0. The van der Waals surface area contributed by atoms with Crippen LogP contribution in [0.1, 0.15) is 26.7 Å². The second-order valence-electron chi connectivity index (χ2n) is 2.32. The van der Waals surface area contributed by atoms with Gasteiger partial charge in [0.25, 0.3) is 0 Å². The van der Waals surface area contributed by atoms with Gasteiger partial charge in [-0.1, -0.05) is 13.8 Å². The Kier molecular flexibility index (Phi) is 3.53. The molecule has 0 unspecified atom stereocenters. The first kappa shape index (κ1) is 9.59. The molecular weight excluding hydrogens is 132 g/mol. The highest BCUT2D eigenvalue weighted by Crippen LogP contribution is 2.14. The van der Waals surface area contributed by atoms with Crippen molar-refractivity contribution < 1.29 is 15.0 Å². The molecule has 0 aromatic heterocycles. The summed E-state index contributed by atoms with van der Waals surface area (Å²) in [5.74, 6) is -0.488. The highest BCUT2D eigenvalue weighted by Gasteiger charge is 2.30. The van der Waals surface area contributed by atoms with E-state index in [1.54, 1.807) is 13.8 Å². The minimum Gasteiger partial charge on any atom is -0.388 e. The minimum absolute atomic E-state index is 0.364. The molecule has 10 heavy (non-hydrogen) atoms. The molecule has 0 amide bonds. The zero-order valence-electron chi connectivity index (χ0n) is 6.42. The van der Waals surface area contributed by atoms with Crippen LogP contribution in [0.25, 0.3) is 0 Å². The summed E-state index contributed by atoms with van der Waals surface area (Å²) in [7, 11) is 0. The van der Waals surface area contributed by atoms with Gasteiger partial charge in [0.1, 0.15) is 12.2 Å². The molecule has 0 aromatic carbocycles. The third-order valence-electron chi connectivity index (χ3n) is 1.83. The second kappa shape index (κ2) is 3.68. The molecule has 0 fully saturated rings. The molecule has 0 saturated carbocycles. The molecule has 0 bridgehead atoms. The standard InChI is InChI=1S/C7H14O3/c1-3-7(10,4-2)6(9)5-8/h8,10H,3-5H2,1-2H3. The number of aliphatic hydroxyl groups excluding tert-OH is 1. The molecule has 3 nitrogen and oxygen atoms in total. The summed E-state index contributed by atoms with van der Waals surface area (Å²) in [6.07, 6.45) is 0.728. The van der Waals surface area contributed by atoms with Gasteiger partial charge in [-0.25, -0.2) is 0 Å². The van der Waals surface area contributed by atoms with Crippen LogP contribution in [0.3, 0.4) is 0 Å². The lowest BCUT2D eigenvalue weighted by atomic mass is 9.93. The average Bonchev–Trinajstić information content (AvgIpc) is 2.01. The lowest BCUT2D eigenvalue weighted by Crippen LogP contribution is -2.39. The van der Waals surface area contributed by atoms with Crippen LogP contribution in [-0.4, -0.2) is 28.2 Å². The molecule has 3 heteroatoms. The first-order valence-corrected chi connectivity index (χ1v) is 3.47. The van der Waals surface area contributed by atoms with E-state index in [9.17, 15) is 9.90 Å². The number of carbonyl (C=O) groups is 1. The molecular formula is C7H14O3. The van der Waals surface area contributed by atoms with Gasteiger partial charge < -0.3 is 10.2 Å². The van der Waals surface area contributed by atoms with Gasteiger partial charge in [0, 0.05) is 0 Å². The van der Waals surface area contributed by atoms with Crippen LogP contribution in [0, 0.1) is 0 Å². The Hall–Kier alpha value is -0.410. The van der Waals surface area contributed by atoms with Gasteiger partial charge in [0.2, 0.25) is 0 Å². The lowest BCUT2D eigenvalue weighted by molar-refractivity contribution is -0.141. The van der Waals surface area contributed by atoms with Crippen LogP contribution >= 0.6 is 0 Å². The van der Waals surface area contributed by atoms with E-state index in [1.165, 1.54) is 0 Å². The number of carbonyl (C=O) groups excluding carboxylic acids is 1. The Bertz CT molecular complexity index is 116. The molecule has 0 aromatic rings. The van der Waals surface area contributed by atoms with Crippen molar-refractivity contribution in [2.45, 2.75) is 32.3 Å². The Morgan fingerprint density at radius 3 is 1.90 bits per heavy atom. The Morgan fingerprint density at radius 1 is 1.40 bits per heavy atom. The van der Waals surface area contributed by atoms with E-state index in [2.05, 4.69) is 0 Å². The summed E-state index contributed by atoms with van der Waals surface area (Å²) in [6, 6.07) is 0. The number of Topliss-reactive ketones (excluding diaryl/α,β-unsaturated/α-hetero) is 1. The lowest BCUT2D eigenvalue weighted by Gasteiger charge is -2.21. The van der Waals surface area contributed by atoms with Crippen LogP contribution in [0.4, 0.5) is 0 Å². The molecule has 0 aliphatic rings. The maximum Gasteiger partial charge on any atom is 0.189 e. The smallest absolute Gasteiger partial charge is 0.189 e. The average molecular weight is 146 g/mol. The summed E-state index contributed by atoms with van der Waals surface area (Å²) in [5.41, 5.74) is -1.30. The molecule has 60 valence electrons. The van der Waals surface area contributed by atoms with Crippen molar-refractivity contribution in [1.29, 1.82) is 0 Å². The molecule has 0 atom stereocenters. The topological polar surface area (TPSA) is 57.5 Å². The van der Waals surface area contributed by atoms with Crippen LogP contribution in [0.2, 0.25) is 0 Å². The fraction of sp³-hybridized carbons (Fsp3) is 0.857. The first-order valence-electron chi connectivity index (χ1n) is 3.47. The Balaban J connectivity index is 4.17. The molecule has 0 rings (SSSR count). The van der Waals surface area contributed by atoms with Crippen molar-refractivity contribution in [3.05, 3.63) is 0 Å². The summed E-state index contributed by atoms with van der Waals surface area (Å²) in [5, 5.41) is 17.8. The Morgan fingerprint density at radius 2 is 1.80 bits per heavy atom. The number of aliphatic hydroxyl groups is 2. The molecule has 0 aliphatic carbocycles. The van der Waals surface area contributed by atoms with E-state index in [0.717, 1.165) is 0 Å². The normalized spacial score (nSPS) is 11.6. The van der Waals surface area contributed by atoms with E-state index in [4.69, 9.17) is 5.11 Å². The summed E-state index contributed by atoms with van der Waals surface area (Å²) in [6.45, 7) is 2.87. The highest BCUT2D eigenvalue weighted by atomic mass is 16.3. The summed E-state index contributed by atoms with van der Waals surface area (Å²) in [4.78, 5) is 10.8. The van der Waals surface area contributed by atoms with Crippen LogP contribution in [0.15, 0.2) is 0 Å². The van der Waals surface area contributed by atoms with Crippen LogP contribution < -0.4 is 0 Å². The first-order chi connectivity index (χ1) is 4.60. The zero-order chi connectivity index (χ0) is 8.20. The largest absolute Gasteiger partial charge is 0.388 e. The maximum absolute atomic E-state index is 10.8. The van der Waals surface area contributed by atoms with Crippen molar-refractivity contribution in [3.63, 3.8) is 0 Å². The fourth-order valence-electron chi connectivity index (χ4n) is 0.791. The SMILES string of the molecule is CCC(O)(CC)C(=O)CO. The fourth-order valence-corrected chi connectivity index (χ4v) is 0.791. The van der Waals surface area contributed by atoms with E-state index >= 15 is 0 Å². The van der Waals surface area contributed by atoms with Gasteiger partial charge in [-0.3, -0.25) is 4.79 Å². The number of hydrogen-bond acceptors (Lipinski definition) is 3. The predicted octanol–water partition coefficient (Wildman–Crippen LogP) is 0.0989. The third kappa shape index (κ3) is 1.78. The van der Waals surface area contributed by atoms with Crippen molar-refractivity contribution in [3.8, 4) is 0 Å². The molecule has 0 radical (unpaired) electrons. The highest BCUT2D eigenvalue weighted by molar-refractivity contribution is 5.87. The van der Waals surface area contributed by atoms with Gasteiger partial charge >= 0.3 is 0 Å². The molecule has 2 N–H and O–H groups in total. The number of ketones is 1. The maximum atomic E-state index is 10.8. The van der Waals surface area contributed by atoms with E-state index < -0.39 is 18.0 Å². The van der Waals surface area contributed by atoms with Gasteiger partial charge in [-0.2, -0.15) is 0 Å². The van der Waals surface area contributed by atoms with E-state index in [0.29, 0.717) is 12.8 Å². The van der Waals surface area contributed by atoms with E-state index in [-0.39, 0.29) is 0 Å². The van der Waals surface area contributed by atoms with Crippen molar-refractivity contribution in [2.75, 3.05) is 6.61 Å². The quantitative estimate of drug-likeness (QED) is 0.591. The van der Waals surface area contributed by atoms with Crippen molar-refractivity contribution >= 4 is 5.78 Å². The number of rotatable bonds is 4. The molecule has 0 saturated heterocycles. The van der Waals surface area contributed by atoms with Gasteiger partial charge in [-0.15, -0.1) is 0 Å². The molecule has 0 aliphatic heterocycles. The van der Waals surface area contributed by atoms with Crippen LogP contribution in [-0.2, 0) is 4.79 Å². The van der Waals surface area contributed by atoms with E-state index in [1.807, 2.05) is 0 Å². The molecule has 0 heterocycles. The van der Waals surface area contributed by atoms with Crippen LogP contribution in [0.5, 0.6) is 0 Å². The van der Waals surface area contributed by atoms with Crippen molar-refractivity contribution in [2.24, 2.45) is 0 Å². The Labute approximate surface area is 60.7 Å². The second-order valence-corrected chi connectivity index (χ2v) is 2.32. The minimum atomic E-state index is -1.30. The number of hydrogen-bond donors (Lipinski definition) is 2. The monoisotopic (exact) mass is 146 g/mol. The molecule has 0 spiro atoms. The van der Waals surface area contributed by atoms with Crippen molar-refractivity contribution in [1.82, 2.24) is 0 Å². The zero-order valence-corrected chi connectivity index (χ0v) is 6.42. The third-order valence-corrected chi connectivity index (χ3v) is 1.83. The van der Waals surface area contributed by atoms with Gasteiger partial charge in [0.15, 0.2) is 5.78 Å².